The molecule has 2 aliphatic rings. The maximum absolute atomic E-state index is 15.0. The molecule has 2 aromatic rings. The average Bonchev–Trinajstić information content (AvgIpc) is 3.24. The predicted molar refractivity (Wildman–Crippen MR) is 135 cm³/mol. The van der Waals surface area contributed by atoms with Crippen molar-refractivity contribution in [3.8, 4) is 0 Å². The molecule has 2 heterocycles. The van der Waals surface area contributed by atoms with Crippen molar-refractivity contribution in [2.45, 2.75) is 19.6 Å². The average molecular weight is 519 g/mol. The summed E-state index contributed by atoms with van der Waals surface area (Å²) in [4.78, 5) is 29.7. The molecule has 36 heavy (non-hydrogen) atoms. The van der Waals surface area contributed by atoms with Crippen LogP contribution in [-0.2, 0) is 20.9 Å². The van der Waals surface area contributed by atoms with Crippen LogP contribution >= 0.6 is 12.2 Å². The molecule has 1 N–H and O–H groups in total. The Morgan fingerprint density at radius 1 is 1.14 bits per heavy atom. The SMILES string of the molecule is CC(=S)NCC1CN(c2cc(F)c(N3CCN(C(=O)COCc4ccccc4)CC3)c(F)c2)C(=O)O1. The zero-order valence-corrected chi connectivity index (χ0v) is 20.7. The van der Waals surface area contributed by atoms with Gasteiger partial charge in [-0.3, -0.25) is 9.69 Å². The van der Waals surface area contributed by atoms with Gasteiger partial charge in [-0.2, -0.15) is 0 Å². The molecule has 0 spiro atoms. The summed E-state index contributed by atoms with van der Waals surface area (Å²) >= 11 is 4.95. The molecule has 2 aliphatic heterocycles. The van der Waals surface area contributed by atoms with Crippen LogP contribution in [0.4, 0.5) is 25.0 Å². The van der Waals surface area contributed by atoms with Gasteiger partial charge in [0.1, 0.15) is 18.4 Å². The van der Waals surface area contributed by atoms with Crippen LogP contribution < -0.4 is 15.1 Å². The molecule has 2 fully saturated rings. The number of ether oxygens (including phenoxy) is 2. The van der Waals surface area contributed by atoms with E-state index in [0.717, 1.165) is 17.7 Å². The third-order valence-electron chi connectivity index (χ3n) is 6.05. The molecule has 1 unspecified atom stereocenters. The zero-order valence-electron chi connectivity index (χ0n) is 19.9. The summed E-state index contributed by atoms with van der Waals surface area (Å²) in [7, 11) is 0. The number of rotatable bonds is 8. The van der Waals surface area contributed by atoms with E-state index in [-0.39, 0.29) is 43.5 Å². The first-order valence-electron chi connectivity index (χ1n) is 11.7. The van der Waals surface area contributed by atoms with E-state index in [1.807, 2.05) is 30.3 Å². The van der Waals surface area contributed by atoms with E-state index in [1.54, 1.807) is 16.7 Å². The van der Waals surface area contributed by atoms with Crippen molar-refractivity contribution >= 4 is 40.6 Å². The Morgan fingerprint density at radius 2 is 1.81 bits per heavy atom. The Bertz CT molecular complexity index is 1090. The number of carbonyl (C=O) groups excluding carboxylic acids is 2. The predicted octanol–water partition coefficient (Wildman–Crippen LogP) is 3.09. The van der Waals surface area contributed by atoms with Crippen molar-refractivity contribution in [2.24, 2.45) is 0 Å². The van der Waals surface area contributed by atoms with Crippen LogP contribution in [0.3, 0.4) is 0 Å². The number of halogens is 2. The highest BCUT2D eigenvalue weighted by Crippen LogP contribution is 2.31. The van der Waals surface area contributed by atoms with Crippen molar-refractivity contribution < 1.29 is 27.8 Å². The molecule has 8 nitrogen and oxygen atoms in total. The number of hydrogen-bond acceptors (Lipinski definition) is 6. The second-order valence-corrected chi connectivity index (χ2v) is 9.27. The van der Waals surface area contributed by atoms with E-state index in [4.69, 9.17) is 21.7 Å². The zero-order chi connectivity index (χ0) is 25.7. The third kappa shape index (κ3) is 6.27. The minimum Gasteiger partial charge on any atom is -0.442 e. The number of thiocarbonyl (C=S) groups is 1. The van der Waals surface area contributed by atoms with Crippen molar-refractivity contribution in [1.82, 2.24) is 10.2 Å². The van der Waals surface area contributed by atoms with Gasteiger partial charge in [0.2, 0.25) is 5.91 Å². The second-order valence-electron chi connectivity index (χ2n) is 8.66. The minimum absolute atomic E-state index is 0.0567. The fraction of sp³-hybridized carbons (Fsp3) is 0.400. The van der Waals surface area contributed by atoms with Crippen LogP contribution in [0.2, 0.25) is 0 Å². The monoisotopic (exact) mass is 518 g/mol. The van der Waals surface area contributed by atoms with Crippen LogP contribution in [0.15, 0.2) is 42.5 Å². The quantitative estimate of drug-likeness (QED) is 0.539. The van der Waals surface area contributed by atoms with Gasteiger partial charge in [-0.25, -0.2) is 13.6 Å². The normalized spacial score (nSPS) is 17.8. The highest BCUT2D eigenvalue weighted by Gasteiger charge is 2.34. The maximum Gasteiger partial charge on any atom is 0.414 e. The molecule has 0 aliphatic carbocycles. The Balaban J connectivity index is 1.31. The molecule has 0 radical (unpaired) electrons. The second kappa shape index (κ2) is 11.6. The highest BCUT2D eigenvalue weighted by molar-refractivity contribution is 7.80. The van der Waals surface area contributed by atoms with E-state index in [0.29, 0.717) is 31.2 Å². The Labute approximate surface area is 213 Å². The van der Waals surface area contributed by atoms with Gasteiger partial charge < -0.3 is 24.6 Å². The topological polar surface area (TPSA) is 74.4 Å². The Kier molecular flexibility index (Phi) is 8.32. The third-order valence-corrected chi connectivity index (χ3v) is 6.20. The summed E-state index contributed by atoms with van der Waals surface area (Å²) < 4.78 is 40.8. The lowest BCUT2D eigenvalue weighted by Crippen LogP contribution is -2.50. The van der Waals surface area contributed by atoms with Gasteiger partial charge in [0.05, 0.1) is 30.4 Å². The van der Waals surface area contributed by atoms with Crippen LogP contribution in [0, 0.1) is 11.6 Å². The number of nitrogens with zero attached hydrogens (tertiary/aromatic N) is 3. The first-order valence-corrected chi connectivity index (χ1v) is 12.1. The number of nitrogens with one attached hydrogen (secondary N) is 1. The molecule has 11 heteroatoms. The molecular weight excluding hydrogens is 490 g/mol. The molecule has 2 aromatic carbocycles. The molecular formula is C25H28F2N4O4S. The van der Waals surface area contributed by atoms with Gasteiger partial charge in [0.25, 0.3) is 0 Å². The Hall–Kier alpha value is -3.31. The minimum atomic E-state index is -0.778. The first kappa shape index (κ1) is 25.8. The summed E-state index contributed by atoms with van der Waals surface area (Å²) in [5.41, 5.74) is 0.891. The van der Waals surface area contributed by atoms with Crippen LogP contribution in [0.25, 0.3) is 0 Å². The summed E-state index contributed by atoms with van der Waals surface area (Å²) in [6, 6.07) is 11.8. The largest absolute Gasteiger partial charge is 0.442 e. The lowest BCUT2D eigenvalue weighted by molar-refractivity contribution is -0.136. The van der Waals surface area contributed by atoms with E-state index < -0.39 is 23.8 Å². The number of hydrogen-bond donors (Lipinski definition) is 1. The fourth-order valence-corrected chi connectivity index (χ4v) is 4.29. The van der Waals surface area contributed by atoms with E-state index >= 15 is 8.78 Å². The van der Waals surface area contributed by atoms with Gasteiger partial charge in [0, 0.05) is 38.3 Å². The number of cyclic esters (lactones) is 1. The summed E-state index contributed by atoms with van der Waals surface area (Å²) in [5, 5.41) is 2.92. The van der Waals surface area contributed by atoms with Crippen molar-refractivity contribution in [3.63, 3.8) is 0 Å². The Morgan fingerprint density at radius 3 is 2.44 bits per heavy atom. The number of carbonyl (C=O) groups is 2. The highest BCUT2D eigenvalue weighted by atomic mass is 32.1. The van der Waals surface area contributed by atoms with Crippen molar-refractivity contribution in [2.75, 3.05) is 55.7 Å². The summed E-state index contributed by atoms with van der Waals surface area (Å²) in [5.74, 6) is -1.72. The van der Waals surface area contributed by atoms with Gasteiger partial charge in [-0.1, -0.05) is 42.5 Å². The molecule has 1 atom stereocenters. The van der Waals surface area contributed by atoms with Gasteiger partial charge in [-0.05, 0) is 12.5 Å². The number of benzene rings is 2. The molecule has 0 bridgehead atoms. The summed E-state index contributed by atoms with van der Waals surface area (Å²) in [6.45, 7) is 3.65. The number of amides is 2. The first-order chi connectivity index (χ1) is 17.3. The molecule has 2 saturated heterocycles. The van der Waals surface area contributed by atoms with E-state index in [2.05, 4.69) is 5.32 Å². The van der Waals surface area contributed by atoms with Crippen LogP contribution in [0.5, 0.6) is 0 Å². The van der Waals surface area contributed by atoms with Gasteiger partial charge in [0.15, 0.2) is 11.6 Å². The van der Waals surface area contributed by atoms with Crippen LogP contribution in [0.1, 0.15) is 12.5 Å². The lowest BCUT2D eigenvalue weighted by Gasteiger charge is -2.36. The van der Waals surface area contributed by atoms with E-state index in [1.165, 1.54) is 4.90 Å². The van der Waals surface area contributed by atoms with E-state index in [9.17, 15) is 9.59 Å². The van der Waals surface area contributed by atoms with Gasteiger partial charge >= 0.3 is 6.09 Å². The summed E-state index contributed by atoms with van der Waals surface area (Å²) in [6.07, 6.45) is -1.15. The van der Waals surface area contributed by atoms with Crippen molar-refractivity contribution in [3.05, 3.63) is 59.7 Å². The maximum atomic E-state index is 15.0. The van der Waals surface area contributed by atoms with Gasteiger partial charge in [-0.15, -0.1) is 0 Å². The lowest BCUT2D eigenvalue weighted by atomic mass is 10.2. The number of anilines is 2. The molecule has 0 aromatic heterocycles. The smallest absolute Gasteiger partial charge is 0.414 e. The van der Waals surface area contributed by atoms with Crippen molar-refractivity contribution in [1.29, 1.82) is 0 Å². The number of piperazine rings is 1. The van der Waals surface area contributed by atoms with Crippen LogP contribution in [-0.4, -0.2) is 73.9 Å². The molecule has 4 rings (SSSR count). The molecule has 2 amide bonds. The fourth-order valence-electron chi connectivity index (χ4n) is 4.21. The molecule has 0 saturated carbocycles. The standard InChI is InChI=1S/C25H28F2N4O4S/c1-17(36)28-13-20-14-31(25(33)35-20)19-11-21(26)24(22(27)12-19)30-9-7-29(8-10-30)23(32)16-34-15-18-5-3-2-4-6-18/h2-6,11-12,20H,7-10,13-16H2,1H3,(H,28,36). The molecule has 192 valence electrons.